The fraction of sp³-hybridized carbons (Fsp3) is 0.458. The average molecular weight is 458 g/mol. The molecule has 0 spiro atoms. The molecule has 2 heterocycles. The van der Waals surface area contributed by atoms with Crippen molar-refractivity contribution in [3.63, 3.8) is 0 Å². The first kappa shape index (κ1) is 20.4. The second kappa shape index (κ2) is 8.11. The van der Waals surface area contributed by atoms with Crippen molar-refractivity contribution >= 4 is 22.0 Å². The minimum atomic E-state index is -0.628. The molecular formula is C24H28BrNO3. The van der Waals surface area contributed by atoms with Gasteiger partial charge in [0.2, 0.25) is 0 Å². The summed E-state index contributed by atoms with van der Waals surface area (Å²) < 4.78 is 13.0. The van der Waals surface area contributed by atoms with Gasteiger partial charge in [0.1, 0.15) is 5.60 Å². The topological polar surface area (TPSA) is 42.1 Å². The molecule has 2 aliphatic rings. The third-order valence-corrected chi connectivity index (χ3v) is 6.59. The maximum absolute atomic E-state index is 13.3. The van der Waals surface area contributed by atoms with Crippen molar-refractivity contribution in [2.45, 2.75) is 56.8 Å². The molecule has 2 aromatic carbocycles. The van der Waals surface area contributed by atoms with Gasteiger partial charge in [-0.3, -0.25) is 0 Å². The van der Waals surface area contributed by atoms with Crippen molar-refractivity contribution in [3.8, 4) is 0 Å². The second-order valence-electron chi connectivity index (χ2n) is 8.44. The minimum absolute atomic E-state index is 0.0298. The number of hydrogen-bond acceptors (Lipinski definition) is 3. The lowest BCUT2D eigenvalue weighted by Gasteiger charge is -2.45. The smallest absolute Gasteiger partial charge is 0.411 e. The van der Waals surface area contributed by atoms with Crippen molar-refractivity contribution in [2.24, 2.45) is 0 Å². The molecule has 1 unspecified atom stereocenters. The highest BCUT2D eigenvalue weighted by Crippen LogP contribution is 2.47. The van der Waals surface area contributed by atoms with Crippen molar-refractivity contribution < 1.29 is 14.3 Å². The van der Waals surface area contributed by atoms with Crippen LogP contribution in [0, 0.1) is 0 Å². The van der Waals surface area contributed by atoms with Gasteiger partial charge >= 0.3 is 6.09 Å². The Morgan fingerprint density at radius 3 is 2.41 bits per heavy atom. The molecule has 0 aliphatic carbocycles. The van der Waals surface area contributed by atoms with Crippen molar-refractivity contribution in [3.05, 3.63) is 70.2 Å². The lowest BCUT2D eigenvalue weighted by molar-refractivity contribution is -0.0769. The van der Waals surface area contributed by atoms with Crippen LogP contribution in [0.4, 0.5) is 4.79 Å². The van der Waals surface area contributed by atoms with Crippen molar-refractivity contribution in [1.29, 1.82) is 0 Å². The number of hydrogen-bond donors (Lipinski definition) is 0. The quantitative estimate of drug-likeness (QED) is 0.464. The number of benzene rings is 2. The van der Waals surface area contributed by atoms with E-state index >= 15 is 0 Å². The molecule has 3 atom stereocenters. The van der Waals surface area contributed by atoms with Crippen molar-refractivity contribution in [1.82, 2.24) is 4.90 Å². The molecule has 2 saturated heterocycles. The van der Waals surface area contributed by atoms with Gasteiger partial charge in [0.15, 0.2) is 0 Å². The van der Waals surface area contributed by atoms with Crippen LogP contribution in [0.3, 0.4) is 0 Å². The molecule has 4 rings (SSSR count). The lowest BCUT2D eigenvalue weighted by Crippen LogP contribution is -2.50. The predicted molar refractivity (Wildman–Crippen MR) is 117 cm³/mol. The Labute approximate surface area is 181 Å². The number of halogens is 1. The van der Waals surface area contributed by atoms with Gasteiger partial charge in [-0.2, -0.15) is 0 Å². The number of nitrogens with zero attached hydrogens (tertiary/aromatic N) is 1. The van der Waals surface area contributed by atoms with Gasteiger partial charge in [-0.15, -0.1) is 0 Å². The van der Waals surface area contributed by atoms with Gasteiger partial charge in [0.05, 0.1) is 18.2 Å². The first-order valence-corrected chi connectivity index (χ1v) is 11.2. The number of ether oxygens (including phenoxy) is 2. The number of cyclic esters (lactones) is 1. The summed E-state index contributed by atoms with van der Waals surface area (Å²) in [6.45, 7) is 5.64. The maximum atomic E-state index is 13.3. The molecular weight excluding hydrogens is 430 g/mol. The molecule has 29 heavy (non-hydrogen) atoms. The van der Waals surface area contributed by atoms with E-state index in [4.69, 9.17) is 9.47 Å². The van der Waals surface area contributed by atoms with E-state index in [2.05, 4.69) is 54.0 Å². The maximum Gasteiger partial charge on any atom is 0.411 e. The normalized spacial score (nSPS) is 27.4. The molecule has 0 bridgehead atoms. The van der Waals surface area contributed by atoms with Crippen LogP contribution in [0.2, 0.25) is 0 Å². The van der Waals surface area contributed by atoms with Gasteiger partial charge in [0.25, 0.3) is 0 Å². The molecule has 0 radical (unpaired) electrons. The van der Waals surface area contributed by atoms with E-state index in [0.717, 1.165) is 41.5 Å². The Hall–Kier alpha value is -1.85. The summed E-state index contributed by atoms with van der Waals surface area (Å²) >= 11 is 3.50. The van der Waals surface area contributed by atoms with E-state index in [-0.39, 0.29) is 17.7 Å². The number of amides is 1. The molecule has 154 valence electrons. The molecule has 0 saturated carbocycles. The van der Waals surface area contributed by atoms with Crippen LogP contribution in [0.15, 0.2) is 59.1 Å². The van der Waals surface area contributed by atoms with E-state index in [1.54, 1.807) is 0 Å². The molecule has 4 nitrogen and oxygen atoms in total. The highest BCUT2D eigenvalue weighted by molar-refractivity contribution is 9.10. The molecule has 2 aromatic rings. The average Bonchev–Trinajstić information content (AvgIpc) is 3.44. The number of carbonyl (C=O) groups is 1. The zero-order valence-electron chi connectivity index (χ0n) is 17.1. The van der Waals surface area contributed by atoms with Gasteiger partial charge in [-0.1, -0.05) is 71.7 Å². The Kier molecular flexibility index (Phi) is 5.71. The van der Waals surface area contributed by atoms with Crippen LogP contribution >= 0.6 is 15.9 Å². The minimum Gasteiger partial charge on any atom is -0.438 e. The van der Waals surface area contributed by atoms with Crippen LogP contribution in [-0.2, 0) is 15.1 Å². The van der Waals surface area contributed by atoms with Crippen LogP contribution in [-0.4, -0.2) is 29.7 Å². The van der Waals surface area contributed by atoms with E-state index < -0.39 is 5.60 Å². The lowest BCUT2D eigenvalue weighted by atomic mass is 9.81. The van der Waals surface area contributed by atoms with Crippen molar-refractivity contribution in [2.75, 3.05) is 13.2 Å². The van der Waals surface area contributed by atoms with Crippen LogP contribution in [0.5, 0.6) is 0 Å². The Bertz CT molecular complexity index is 850. The fourth-order valence-corrected chi connectivity index (χ4v) is 4.68. The highest BCUT2D eigenvalue weighted by Gasteiger charge is 2.52. The molecule has 1 amide bonds. The summed E-state index contributed by atoms with van der Waals surface area (Å²) in [4.78, 5) is 15.2. The zero-order chi connectivity index (χ0) is 20.5. The summed E-state index contributed by atoms with van der Waals surface area (Å²) in [6, 6.07) is 18.4. The van der Waals surface area contributed by atoms with E-state index in [0.29, 0.717) is 13.0 Å². The van der Waals surface area contributed by atoms with Crippen LogP contribution in [0.1, 0.15) is 56.7 Å². The Morgan fingerprint density at radius 1 is 1.14 bits per heavy atom. The fourth-order valence-electron chi connectivity index (χ4n) is 4.41. The first-order valence-electron chi connectivity index (χ1n) is 10.4. The summed E-state index contributed by atoms with van der Waals surface area (Å²) in [5, 5.41) is 0. The third kappa shape index (κ3) is 4.36. The molecule has 0 N–H and O–H groups in total. The Balaban J connectivity index is 1.60. The third-order valence-electron chi connectivity index (χ3n) is 6.06. The SMILES string of the molecule is CCC[C@@H](c1ccc(Br)cc1)N1CC[C@@](CC2(C)CO2)(c2ccccc2)OC1=O. The molecule has 2 fully saturated rings. The molecule has 5 heteroatoms. The summed E-state index contributed by atoms with van der Waals surface area (Å²) in [5.41, 5.74) is 1.38. The predicted octanol–water partition coefficient (Wildman–Crippen LogP) is 6.21. The van der Waals surface area contributed by atoms with Gasteiger partial charge in [-0.05, 0) is 36.6 Å². The highest BCUT2D eigenvalue weighted by atomic mass is 79.9. The largest absolute Gasteiger partial charge is 0.438 e. The zero-order valence-corrected chi connectivity index (χ0v) is 18.7. The van der Waals surface area contributed by atoms with Gasteiger partial charge < -0.3 is 14.4 Å². The van der Waals surface area contributed by atoms with E-state index in [9.17, 15) is 4.79 Å². The molecule has 2 aliphatic heterocycles. The van der Waals surface area contributed by atoms with E-state index in [1.165, 1.54) is 0 Å². The molecule has 0 aromatic heterocycles. The monoisotopic (exact) mass is 457 g/mol. The number of carbonyl (C=O) groups excluding carboxylic acids is 1. The van der Waals surface area contributed by atoms with Gasteiger partial charge in [0, 0.05) is 23.9 Å². The van der Waals surface area contributed by atoms with E-state index in [1.807, 2.05) is 35.2 Å². The Morgan fingerprint density at radius 2 is 1.83 bits per heavy atom. The van der Waals surface area contributed by atoms with Crippen LogP contribution < -0.4 is 0 Å². The first-order chi connectivity index (χ1) is 13.9. The van der Waals surface area contributed by atoms with Crippen LogP contribution in [0.25, 0.3) is 0 Å². The summed E-state index contributed by atoms with van der Waals surface area (Å²) in [6.07, 6.45) is 3.14. The standard InChI is InChI=1S/C24H28BrNO3/c1-3-7-21(18-10-12-20(25)13-11-18)26-15-14-24(29-22(26)27,16-23(2)17-28-23)19-8-5-4-6-9-19/h4-6,8-13,21H,3,7,14-17H2,1-2H3/t21-,23?,24+/m0/s1. The number of epoxide rings is 1. The number of rotatable bonds is 7. The van der Waals surface area contributed by atoms with Gasteiger partial charge in [-0.25, -0.2) is 4.79 Å². The second-order valence-corrected chi connectivity index (χ2v) is 9.36. The summed E-state index contributed by atoms with van der Waals surface area (Å²) in [7, 11) is 0. The summed E-state index contributed by atoms with van der Waals surface area (Å²) in [5.74, 6) is 0.